The van der Waals surface area contributed by atoms with E-state index in [1.165, 1.54) is 19.5 Å². The Morgan fingerprint density at radius 1 is 1.10 bits per heavy atom. The second-order valence-electron chi connectivity index (χ2n) is 8.07. The molecule has 9 heteroatoms. The third-order valence-electron chi connectivity index (χ3n) is 4.55. The Morgan fingerprint density at radius 3 is 2.39 bits per heavy atom. The van der Waals surface area contributed by atoms with Crippen LogP contribution in [-0.2, 0) is 35.2 Å². The van der Waals surface area contributed by atoms with Crippen LogP contribution in [0.15, 0.2) is 42.7 Å². The Morgan fingerprint density at radius 2 is 1.77 bits per heavy atom. The van der Waals surface area contributed by atoms with Crippen LogP contribution in [0.2, 0.25) is 0 Å². The fraction of sp³-hybridized carbons (Fsp3) is 0.455. The molecular formula is C22H28N2O7. The smallest absolute Gasteiger partial charge is 0.415 e. The number of esters is 2. The molecule has 31 heavy (non-hydrogen) atoms. The molecule has 9 nitrogen and oxygen atoms in total. The van der Waals surface area contributed by atoms with Gasteiger partial charge in [-0.15, -0.1) is 0 Å². The lowest BCUT2D eigenvalue weighted by atomic mass is 9.85. The van der Waals surface area contributed by atoms with Gasteiger partial charge in [0.1, 0.15) is 17.7 Å². The highest BCUT2D eigenvalue weighted by atomic mass is 16.6. The second kappa shape index (κ2) is 10.1. The van der Waals surface area contributed by atoms with Gasteiger partial charge < -0.3 is 19.5 Å². The maximum Gasteiger partial charge on any atom is 0.415 e. The molecule has 1 N–H and O–H groups in total. The highest BCUT2D eigenvalue weighted by Gasteiger charge is 2.50. The molecule has 0 unspecified atom stereocenters. The number of nitrogens with zero attached hydrogens (tertiary/aromatic N) is 1. The minimum atomic E-state index is -1.71. The average molecular weight is 432 g/mol. The molecule has 0 saturated heterocycles. The van der Waals surface area contributed by atoms with Crippen LogP contribution in [0, 0.1) is 0 Å². The van der Waals surface area contributed by atoms with Gasteiger partial charge in [-0.25, -0.2) is 4.79 Å². The fourth-order valence-electron chi connectivity index (χ4n) is 3.11. The van der Waals surface area contributed by atoms with Gasteiger partial charge in [-0.1, -0.05) is 30.3 Å². The minimum Gasteiger partial charge on any atom is -0.469 e. The van der Waals surface area contributed by atoms with E-state index in [0.29, 0.717) is 0 Å². The number of rotatable bonds is 7. The molecule has 0 saturated carbocycles. The molecule has 2 rings (SSSR count). The van der Waals surface area contributed by atoms with Gasteiger partial charge in [0.05, 0.1) is 13.5 Å². The Balaban J connectivity index is 2.30. The van der Waals surface area contributed by atoms with E-state index in [1.807, 2.05) is 6.07 Å². The van der Waals surface area contributed by atoms with Crippen molar-refractivity contribution >= 4 is 23.9 Å². The summed E-state index contributed by atoms with van der Waals surface area (Å²) in [6.45, 7) is 5.06. The molecule has 0 spiro atoms. The van der Waals surface area contributed by atoms with Gasteiger partial charge in [-0.3, -0.25) is 19.3 Å². The van der Waals surface area contributed by atoms with Gasteiger partial charge in [0, 0.05) is 18.8 Å². The second-order valence-corrected chi connectivity index (χ2v) is 8.07. The third-order valence-corrected chi connectivity index (χ3v) is 4.55. The molecular weight excluding hydrogens is 404 g/mol. The third kappa shape index (κ3) is 6.56. The van der Waals surface area contributed by atoms with Crippen molar-refractivity contribution in [1.29, 1.82) is 0 Å². The van der Waals surface area contributed by atoms with E-state index < -0.39 is 41.5 Å². The van der Waals surface area contributed by atoms with Crippen LogP contribution in [0.3, 0.4) is 0 Å². The van der Waals surface area contributed by atoms with Crippen molar-refractivity contribution < 1.29 is 33.4 Å². The van der Waals surface area contributed by atoms with E-state index in [0.717, 1.165) is 10.5 Å². The van der Waals surface area contributed by atoms with Gasteiger partial charge in [0.15, 0.2) is 0 Å². The van der Waals surface area contributed by atoms with Crippen molar-refractivity contribution in [3.8, 4) is 0 Å². The van der Waals surface area contributed by atoms with Crippen molar-refractivity contribution in [2.24, 2.45) is 0 Å². The molecule has 0 fully saturated rings. The maximum atomic E-state index is 12.9. The quantitative estimate of drug-likeness (QED) is 0.521. The molecule has 0 aliphatic carbocycles. The van der Waals surface area contributed by atoms with E-state index in [-0.39, 0.29) is 19.4 Å². The van der Waals surface area contributed by atoms with Crippen LogP contribution in [0.1, 0.15) is 45.6 Å². The van der Waals surface area contributed by atoms with Crippen molar-refractivity contribution in [3.05, 3.63) is 48.3 Å². The van der Waals surface area contributed by atoms with Gasteiger partial charge in [0.2, 0.25) is 0 Å². The molecule has 1 aromatic rings. The number of carbonyl (C=O) groups excluding carboxylic acids is 4. The lowest BCUT2D eigenvalue weighted by molar-refractivity contribution is -0.161. The zero-order valence-corrected chi connectivity index (χ0v) is 18.2. The van der Waals surface area contributed by atoms with Crippen molar-refractivity contribution in [1.82, 2.24) is 10.2 Å². The summed E-state index contributed by atoms with van der Waals surface area (Å²) in [7, 11) is 1.22. The highest BCUT2D eigenvalue weighted by molar-refractivity contribution is 5.96. The lowest BCUT2D eigenvalue weighted by Crippen LogP contribution is -2.62. The Hall–Kier alpha value is -3.36. The SMILES string of the molecule is COC(=O)CC[C@@]1(CC(=O)OC(C)(C)C)C(=O)NC=CN1C(=O)OCc1ccccc1. The summed E-state index contributed by atoms with van der Waals surface area (Å²) in [5.41, 5.74) is -1.74. The summed E-state index contributed by atoms with van der Waals surface area (Å²) >= 11 is 0. The summed E-state index contributed by atoms with van der Waals surface area (Å²) in [5, 5.41) is 2.51. The summed E-state index contributed by atoms with van der Waals surface area (Å²) in [4.78, 5) is 51.3. The van der Waals surface area contributed by atoms with Crippen LogP contribution in [0.4, 0.5) is 4.79 Å². The van der Waals surface area contributed by atoms with Crippen molar-refractivity contribution in [3.63, 3.8) is 0 Å². The molecule has 2 amide bonds. The first-order valence-corrected chi connectivity index (χ1v) is 9.84. The van der Waals surface area contributed by atoms with E-state index in [1.54, 1.807) is 45.0 Å². The number of hydrogen-bond acceptors (Lipinski definition) is 7. The molecule has 1 atom stereocenters. The largest absolute Gasteiger partial charge is 0.469 e. The van der Waals surface area contributed by atoms with E-state index in [9.17, 15) is 19.2 Å². The summed E-state index contributed by atoms with van der Waals surface area (Å²) < 4.78 is 15.4. The average Bonchev–Trinajstić information content (AvgIpc) is 2.71. The molecule has 1 aliphatic rings. The minimum absolute atomic E-state index is 0.0227. The number of nitrogens with one attached hydrogen (secondary N) is 1. The summed E-state index contributed by atoms with van der Waals surface area (Å²) in [6, 6.07) is 9.03. The maximum absolute atomic E-state index is 12.9. The fourth-order valence-corrected chi connectivity index (χ4v) is 3.11. The van der Waals surface area contributed by atoms with Crippen LogP contribution in [-0.4, -0.2) is 47.1 Å². The Bertz CT molecular complexity index is 845. The topological polar surface area (TPSA) is 111 Å². The van der Waals surface area contributed by atoms with Crippen molar-refractivity contribution in [2.75, 3.05) is 7.11 Å². The van der Waals surface area contributed by atoms with Gasteiger partial charge in [-0.05, 0) is 32.8 Å². The molecule has 0 aromatic heterocycles. The van der Waals surface area contributed by atoms with E-state index in [2.05, 4.69) is 10.1 Å². The Kier molecular flexibility index (Phi) is 7.79. The predicted octanol–water partition coefficient (Wildman–Crippen LogP) is 2.65. The molecule has 1 aliphatic heterocycles. The summed E-state index contributed by atoms with van der Waals surface area (Å²) in [5.74, 6) is -1.89. The van der Waals surface area contributed by atoms with Crippen LogP contribution in [0.25, 0.3) is 0 Å². The number of hydrogen-bond donors (Lipinski definition) is 1. The van der Waals surface area contributed by atoms with Crippen molar-refractivity contribution in [2.45, 2.75) is 57.8 Å². The number of amides is 2. The normalized spacial score (nSPS) is 18.2. The van der Waals surface area contributed by atoms with Crippen LogP contribution >= 0.6 is 0 Å². The molecule has 1 heterocycles. The first-order chi connectivity index (χ1) is 14.6. The monoisotopic (exact) mass is 432 g/mol. The van der Waals surface area contributed by atoms with Crippen LogP contribution in [0.5, 0.6) is 0 Å². The van der Waals surface area contributed by atoms with Gasteiger partial charge in [0.25, 0.3) is 5.91 Å². The van der Waals surface area contributed by atoms with E-state index >= 15 is 0 Å². The summed E-state index contributed by atoms with van der Waals surface area (Å²) in [6.07, 6.45) is 0.952. The van der Waals surface area contributed by atoms with Crippen LogP contribution < -0.4 is 5.32 Å². The van der Waals surface area contributed by atoms with Gasteiger partial charge >= 0.3 is 18.0 Å². The predicted molar refractivity (Wildman–Crippen MR) is 110 cm³/mol. The first-order valence-electron chi connectivity index (χ1n) is 9.84. The highest BCUT2D eigenvalue weighted by Crippen LogP contribution is 2.31. The zero-order valence-electron chi connectivity index (χ0n) is 18.2. The number of carbonyl (C=O) groups is 4. The standard InChI is InChI=1S/C22H28N2O7/c1-21(2,3)31-18(26)14-22(11-10-17(25)29-4)19(27)23-12-13-24(22)20(28)30-15-16-8-6-5-7-9-16/h5-9,12-13H,10-11,14-15H2,1-4H3,(H,23,27)/t22-/m1/s1. The number of methoxy groups -OCH3 is 1. The van der Waals surface area contributed by atoms with E-state index in [4.69, 9.17) is 9.47 Å². The first kappa shape index (κ1) is 23.9. The lowest BCUT2D eigenvalue weighted by Gasteiger charge is -2.41. The Labute approximate surface area is 181 Å². The molecule has 1 aromatic carbocycles. The number of benzene rings is 1. The molecule has 168 valence electrons. The number of ether oxygens (including phenoxy) is 3. The van der Waals surface area contributed by atoms with Gasteiger partial charge in [-0.2, -0.15) is 0 Å². The molecule has 0 radical (unpaired) electrons. The zero-order chi connectivity index (χ0) is 23.1. The molecule has 0 bridgehead atoms.